The fraction of sp³-hybridized carbons (Fsp3) is 0.260. The van der Waals surface area contributed by atoms with Gasteiger partial charge in [-0.05, 0) is 125 Å². The summed E-state index contributed by atoms with van der Waals surface area (Å²) in [5.41, 5.74) is 16.6. The number of carbonyl (C=O) groups excluding carboxylic acids is 3. The van der Waals surface area contributed by atoms with Crippen LogP contribution >= 0.6 is 0 Å². The van der Waals surface area contributed by atoms with E-state index in [1.165, 1.54) is 22.3 Å². The summed E-state index contributed by atoms with van der Waals surface area (Å²) in [4.78, 5) is 74.0. The predicted molar refractivity (Wildman–Crippen MR) is 374 cm³/mol. The zero-order valence-electron chi connectivity index (χ0n) is 54.0. The number of aromatic nitrogens is 12. The van der Waals surface area contributed by atoms with Crippen molar-refractivity contribution in [2.75, 3.05) is 14.2 Å². The normalized spacial score (nSPS) is 11.4. The summed E-state index contributed by atoms with van der Waals surface area (Å²) < 4.78 is 15.8. The van der Waals surface area contributed by atoms with Gasteiger partial charge in [0.05, 0.1) is 37.0 Å². The van der Waals surface area contributed by atoms with Crippen molar-refractivity contribution in [1.82, 2.24) is 58.6 Å². The minimum atomic E-state index is 0.156. The molecule has 3 N–H and O–H groups in total. The van der Waals surface area contributed by atoms with E-state index in [0.29, 0.717) is 25.3 Å². The molecule has 94 heavy (non-hydrogen) atoms. The highest BCUT2D eigenvalue weighted by Crippen LogP contribution is 2.33. The molecule has 0 unspecified atom stereocenters. The largest absolute Gasteiger partial charge is 0.495 e. The number of ether oxygens (including phenoxy) is 2. The molecular formula is C77H78N12O5. The lowest BCUT2D eigenvalue weighted by molar-refractivity contribution is 0.0896. The molecule has 0 aliphatic heterocycles. The number of carbonyl (C=O) groups is 3. The average molecular weight is 1250 g/mol. The highest BCUT2D eigenvalue weighted by atomic mass is 16.5. The third-order valence-corrected chi connectivity index (χ3v) is 17.6. The van der Waals surface area contributed by atoms with Gasteiger partial charge in [-0.1, -0.05) is 95.7 Å². The number of aromatic amines is 3. The Kier molecular flexibility index (Phi) is 20.0. The van der Waals surface area contributed by atoms with Crippen molar-refractivity contribution in [3.05, 3.63) is 217 Å². The summed E-state index contributed by atoms with van der Waals surface area (Å²) in [7, 11) is 3.20. The molecule has 17 heteroatoms. The number of pyridine rings is 4. The van der Waals surface area contributed by atoms with Gasteiger partial charge in [-0.15, -0.1) is 0 Å². The average Bonchev–Trinajstić information content (AvgIpc) is 1.66. The van der Waals surface area contributed by atoms with Crippen LogP contribution in [0.25, 0.3) is 88.1 Å². The molecule has 11 aromatic heterocycles. The smallest absolute Gasteiger partial charge is 0.316 e. The maximum atomic E-state index is 12.7. The molecule has 476 valence electrons. The first-order valence-electron chi connectivity index (χ1n) is 32.7. The Morgan fingerprint density at radius 2 is 0.777 bits per heavy atom. The number of nitrogens with zero attached hydrogens (tertiary/aromatic N) is 9. The van der Waals surface area contributed by atoms with Crippen LogP contribution in [0.2, 0.25) is 0 Å². The standard InChI is InChI=1S/C27H27N5O2.C27H26N4O.C23H25N3O2/c1-3-4-5-9-25(33)32-11-10-22-18(7-6-8-24(22)32)12-20-15-29-26-23(20)13-19(14-28-26)21-16-30-27(34-2)31-17-21;1-2-3-4-8-26(32)31-14-11-23-20(6-5-7-25(23)31)15-22-18-30-27-24(22)16-21(17-29-27)19-9-12-28-13-10-19;1-3-4-5-9-22(27)26-11-10-19-16(7-6-8-21(19)26)12-17-14-24-23-20(17)13-18(28-2)15-25-23/h6-8,10-11,13-17H,3-5,9,12H2,1-2H3,(H,28,29);5-7,9-14,16-18H,2-4,8,15H2,1H3,(H,29,30);6-8,10-11,13-15H,3-5,9,12H2,1-2H3,(H,24,25). The molecule has 17 nitrogen and oxygen atoms in total. The van der Waals surface area contributed by atoms with E-state index in [1.807, 2.05) is 109 Å². The van der Waals surface area contributed by atoms with Gasteiger partial charge in [0, 0.05) is 162 Å². The second-order valence-corrected chi connectivity index (χ2v) is 23.8. The van der Waals surface area contributed by atoms with Gasteiger partial charge in [-0.2, -0.15) is 0 Å². The molecule has 14 rings (SSSR count). The van der Waals surface area contributed by atoms with Crippen LogP contribution in [0.5, 0.6) is 11.8 Å². The zero-order valence-corrected chi connectivity index (χ0v) is 54.0. The molecule has 3 aromatic carbocycles. The second-order valence-electron chi connectivity index (χ2n) is 23.8. The summed E-state index contributed by atoms with van der Waals surface area (Å²) in [6, 6.07) is 35.4. The number of hydrogen-bond acceptors (Lipinski definition) is 11. The maximum Gasteiger partial charge on any atom is 0.316 e. The molecular weight excluding hydrogens is 1170 g/mol. The minimum absolute atomic E-state index is 0.156. The number of methoxy groups -OCH3 is 2. The maximum absolute atomic E-state index is 12.7. The molecule has 11 heterocycles. The van der Waals surface area contributed by atoms with Crippen LogP contribution in [0.3, 0.4) is 0 Å². The molecule has 0 spiro atoms. The van der Waals surface area contributed by atoms with E-state index in [4.69, 9.17) is 9.47 Å². The number of hydrogen-bond donors (Lipinski definition) is 3. The van der Waals surface area contributed by atoms with Crippen molar-refractivity contribution < 1.29 is 23.9 Å². The van der Waals surface area contributed by atoms with Crippen molar-refractivity contribution in [2.24, 2.45) is 0 Å². The van der Waals surface area contributed by atoms with Gasteiger partial charge in [0.2, 0.25) is 17.7 Å². The van der Waals surface area contributed by atoms with E-state index in [0.717, 1.165) is 182 Å². The van der Waals surface area contributed by atoms with Crippen LogP contribution in [-0.4, -0.2) is 90.5 Å². The first-order valence-corrected chi connectivity index (χ1v) is 32.7. The molecule has 0 fully saturated rings. The van der Waals surface area contributed by atoms with Gasteiger partial charge >= 0.3 is 6.01 Å². The number of benzene rings is 3. The Morgan fingerprint density at radius 3 is 1.17 bits per heavy atom. The van der Waals surface area contributed by atoms with Gasteiger partial charge in [0.15, 0.2) is 0 Å². The van der Waals surface area contributed by atoms with E-state index in [1.54, 1.807) is 54.3 Å². The zero-order chi connectivity index (χ0) is 64.9. The predicted octanol–water partition coefficient (Wildman–Crippen LogP) is 17.5. The summed E-state index contributed by atoms with van der Waals surface area (Å²) in [6.07, 6.45) is 37.7. The fourth-order valence-electron chi connectivity index (χ4n) is 12.5. The molecule has 0 atom stereocenters. The summed E-state index contributed by atoms with van der Waals surface area (Å²) >= 11 is 0. The van der Waals surface area contributed by atoms with Gasteiger partial charge in [-0.3, -0.25) is 33.1 Å². The van der Waals surface area contributed by atoms with Crippen LogP contribution in [0.4, 0.5) is 0 Å². The van der Waals surface area contributed by atoms with Gasteiger partial charge < -0.3 is 24.4 Å². The minimum Gasteiger partial charge on any atom is -0.495 e. The van der Waals surface area contributed by atoms with Crippen LogP contribution < -0.4 is 9.47 Å². The summed E-state index contributed by atoms with van der Waals surface area (Å²) in [6.45, 7) is 6.45. The molecule has 14 aromatic rings. The molecule has 0 aliphatic rings. The van der Waals surface area contributed by atoms with E-state index < -0.39 is 0 Å². The van der Waals surface area contributed by atoms with Crippen molar-refractivity contribution in [2.45, 2.75) is 117 Å². The Hall–Kier alpha value is -10.8. The summed E-state index contributed by atoms with van der Waals surface area (Å²) in [5, 5.41) is 6.59. The molecule has 0 radical (unpaired) electrons. The highest BCUT2D eigenvalue weighted by molar-refractivity contribution is 5.97. The van der Waals surface area contributed by atoms with Crippen molar-refractivity contribution in [1.29, 1.82) is 0 Å². The Morgan fingerprint density at radius 1 is 0.394 bits per heavy atom. The third kappa shape index (κ3) is 14.0. The van der Waals surface area contributed by atoms with Crippen LogP contribution in [-0.2, 0) is 19.3 Å². The quantitative estimate of drug-likeness (QED) is 0.0544. The number of H-pyrrole nitrogens is 3. The Bertz CT molecular complexity index is 4930. The SMILES string of the molecule is CCCCCC(=O)n1ccc2c(Cc3c[nH]c4ncc(-c5ccncc5)cc34)cccc21.CCCCCC(=O)n1ccc2c(Cc3c[nH]c4ncc(-c5cnc(OC)nc5)cc34)cccc21.CCCCCC(=O)n1ccc2c(Cc3c[nH]c4ncc(OC)cc34)cccc21. The Labute approximate surface area is 545 Å². The molecule has 0 bridgehead atoms. The lowest BCUT2D eigenvalue weighted by atomic mass is 10.0. The van der Waals surface area contributed by atoms with E-state index in [2.05, 4.69) is 114 Å². The Balaban J connectivity index is 0.000000136. The fourth-order valence-corrected chi connectivity index (χ4v) is 12.5. The molecule has 0 saturated heterocycles. The highest BCUT2D eigenvalue weighted by Gasteiger charge is 2.18. The van der Waals surface area contributed by atoms with E-state index >= 15 is 0 Å². The van der Waals surface area contributed by atoms with Crippen LogP contribution in [0, 0.1) is 0 Å². The third-order valence-electron chi connectivity index (χ3n) is 17.6. The van der Waals surface area contributed by atoms with E-state index in [9.17, 15) is 14.4 Å². The first-order chi connectivity index (χ1) is 46.1. The second kappa shape index (κ2) is 29.6. The summed E-state index contributed by atoms with van der Waals surface area (Å²) in [5.74, 6) is 1.24. The van der Waals surface area contributed by atoms with Crippen molar-refractivity contribution in [3.63, 3.8) is 0 Å². The van der Waals surface area contributed by atoms with Crippen LogP contribution in [0.1, 0.15) is 146 Å². The van der Waals surface area contributed by atoms with Crippen LogP contribution in [0.15, 0.2) is 184 Å². The number of unbranched alkanes of at least 4 members (excludes halogenated alkanes) is 6. The van der Waals surface area contributed by atoms with Gasteiger partial charge in [-0.25, -0.2) is 24.9 Å². The van der Waals surface area contributed by atoms with Gasteiger partial charge in [0.1, 0.15) is 22.7 Å². The molecule has 0 aliphatic carbocycles. The number of nitrogens with one attached hydrogen (secondary N) is 3. The molecule has 0 amide bonds. The first kappa shape index (κ1) is 63.3. The van der Waals surface area contributed by atoms with Gasteiger partial charge in [0.25, 0.3) is 0 Å². The lowest BCUT2D eigenvalue weighted by Gasteiger charge is -2.07. The van der Waals surface area contributed by atoms with Crippen molar-refractivity contribution in [3.8, 4) is 34.0 Å². The van der Waals surface area contributed by atoms with E-state index in [-0.39, 0.29) is 17.7 Å². The van der Waals surface area contributed by atoms with Crippen molar-refractivity contribution >= 4 is 83.5 Å². The number of rotatable bonds is 22. The number of fused-ring (bicyclic) bond motifs is 6. The molecule has 0 saturated carbocycles. The monoisotopic (exact) mass is 1250 g/mol. The lowest BCUT2D eigenvalue weighted by Crippen LogP contribution is -2.08. The topological polar surface area (TPSA) is 209 Å².